The third-order valence-electron chi connectivity index (χ3n) is 6.11. The predicted molar refractivity (Wildman–Crippen MR) is 131 cm³/mol. The monoisotopic (exact) mass is 472 g/mol. The van der Waals surface area contributed by atoms with Crippen molar-refractivity contribution in [3.63, 3.8) is 0 Å². The average Bonchev–Trinajstić information content (AvgIpc) is 3.43. The zero-order chi connectivity index (χ0) is 23.9. The van der Waals surface area contributed by atoms with E-state index in [4.69, 9.17) is 9.47 Å². The smallest absolute Gasteiger partial charge is 0.227 e. The van der Waals surface area contributed by atoms with Gasteiger partial charge in [0.25, 0.3) is 0 Å². The van der Waals surface area contributed by atoms with Crippen molar-refractivity contribution in [2.24, 2.45) is 5.92 Å². The van der Waals surface area contributed by atoms with Crippen molar-refractivity contribution in [2.45, 2.75) is 13.0 Å². The van der Waals surface area contributed by atoms with Crippen LogP contribution in [-0.4, -0.2) is 70.9 Å². The Balaban J connectivity index is 1.24. The minimum atomic E-state index is 0.446. The van der Waals surface area contributed by atoms with Crippen LogP contribution >= 0.6 is 0 Å². The third kappa shape index (κ3) is 6.08. The second-order valence-corrected chi connectivity index (χ2v) is 8.66. The van der Waals surface area contributed by atoms with Crippen molar-refractivity contribution in [3.05, 3.63) is 54.1 Å². The third-order valence-corrected chi connectivity index (χ3v) is 6.11. The van der Waals surface area contributed by atoms with Crippen LogP contribution in [0.4, 0.5) is 17.5 Å². The van der Waals surface area contributed by atoms with Gasteiger partial charge < -0.3 is 20.1 Å². The lowest BCUT2D eigenvalue weighted by Gasteiger charge is -2.26. The lowest BCUT2D eigenvalue weighted by atomic mass is 10.1. The normalized spacial score (nSPS) is 18.2. The van der Waals surface area contributed by atoms with Gasteiger partial charge >= 0.3 is 0 Å². The summed E-state index contributed by atoms with van der Waals surface area (Å²) < 4.78 is 10.8. The van der Waals surface area contributed by atoms with Gasteiger partial charge in [-0.2, -0.15) is 5.26 Å². The molecule has 2 aliphatic rings. The van der Waals surface area contributed by atoms with Gasteiger partial charge in [0.2, 0.25) is 5.95 Å². The molecule has 35 heavy (non-hydrogen) atoms. The molecule has 0 amide bonds. The molecule has 0 aromatic carbocycles. The molecule has 2 saturated heterocycles. The van der Waals surface area contributed by atoms with Crippen LogP contribution in [0, 0.1) is 17.2 Å². The lowest BCUT2D eigenvalue weighted by Crippen LogP contribution is -2.35. The summed E-state index contributed by atoms with van der Waals surface area (Å²) in [5.74, 6) is 1.48. The number of ether oxygens (including phenoxy) is 2. The molecule has 2 aliphatic heterocycles. The van der Waals surface area contributed by atoms with Gasteiger partial charge in [-0.1, -0.05) is 0 Å². The standard InChI is InChI=1S/C25H28N8O2/c26-12-19-11-20(14-30-24(19)29-13-18-4-8-35-17-18)23-3-5-27-25(32-23)31-21-1-2-22(28-15-21)16-33-6-9-34-10-7-33/h1-3,5,11,14-15,18H,4,6-10,13,16-17H2,(H,29,30)(H,27,31,32). The molecule has 2 N–H and O–H groups in total. The van der Waals surface area contributed by atoms with Crippen LogP contribution in [0.15, 0.2) is 42.9 Å². The first kappa shape index (κ1) is 23.1. The first-order valence-corrected chi connectivity index (χ1v) is 11.8. The van der Waals surface area contributed by atoms with E-state index in [1.165, 1.54) is 0 Å². The number of anilines is 3. The second kappa shape index (κ2) is 11.2. The summed E-state index contributed by atoms with van der Waals surface area (Å²) in [5, 5.41) is 16.1. The van der Waals surface area contributed by atoms with Crippen LogP contribution < -0.4 is 10.6 Å². The molecule has 0 aliphatic carbocycles. The number of rotatable bonds is 8. The lowest BCUT2D eigenvalue weighted by molar-refractivity contribution is 0.0336. The molecule has 1 atom stereocenters. The van der Waals surface area contributed by atoms with E-state index in [0.29, 0.717) is 28.9 Å². The molecule has 1 unspecified atom stereocenters. The number of pyridine rings is 2. The van der Waals surface area contributed by atoms with Crippen LogP contribution in [0.2, 0.25) is 0 Å². The molecule has 180 valence electrons. The fourth-order valence-electron chi connectivity index (χ4n) is 4.11. The van der Waals surface area contributed by atoms with E-state index in [2.05, 4.69) is 41.5 Å². The summed E-state index contributed by atoms with van der Waals surface area (Å²) in [6, 6.07) is 9.82. The van der Waals surface area contributed by atoms with Crippen molar-refractivity contribution < 1.29 is 9.47 Å². The number of aromatic nitrogens is 4. The van der Waals surface area contributed by atoms with Gasteiger partial charge in [-0.25, -0.2) is 15.0 Å². The van der Waals surface area contributed by atoms with Crippen LogP contribution in [0.1, 0.15) is 17.7 Å². The molecule has 5 heterocycles. The Morgan fingerprint density at radius 1 is 1.06 bits per heavy atom. The molecule has 3 aromatic rings. The quantitative estimate of drug-likeness (QED) is 0.506. The molecule has 0 radical (unpaired) electrons. The average molecular weight is 473 g/mol. The highest BCUT2D eigenvalue weighted by Crippen LogP contribution is 2.23. The van der Waals surface area contributed by atoms with Crippen molar-refractivity contribution in [2.75, 3.05) is 56.7 Å². The molecule has 10 nitrogen and oxygen atoms in total. The number of hydrogen-bond acceptors (Lipinski definition) is 10. The Bertz CT molecular complexity index is 1170. The summed E-state index contributed by atoms with van der Waals surface area (Å²) in [5.41, 5.74) is 3.73. The summed E-state index contributed by atoms with van der Waals surface area (Å²) in [6.07, 6.45) is 6.22. The zero-order valence-electron chi connectivity index (χ0n) is 19.5. The highest BCUT2D eigenvalue weighted by Gasteiger charge is 2.17. The number of nitrogens with one attached hydrogen (secondary N) is 2. The maximum atomic E-state index is 9.64. The molecule has 3 aromatic heterocycles. The molecule has 10 heteroatoms. The van der Waals surface area contributed by atoms with Gasteiger partial charge in [0.15, 0.2) is 0 Å². The van der Waals surface area contributed by atoms with Crippen LogP contribution in [-0.2, 0) is 16.0 Å². The summed E-state index contributed by atoms with van der Waals surface area (Å²) in [7, 11) is 0. The minimum absolute atomic E-state index is 0.446. The van der Waals surface area contributed by atoms with Gasteiger partial charge in [-0.05, 0) is 30.7 Å². The van der Waals surface area contributed by atoms with Gasteiger partial charge in [0.05, 0.1) is 48.7 Å². The Morgan fingerprint density at radius 3 is 2.74 bits per heavy atom. The highest BCUT2D eigenvalue weighted by molar-refractivity contribution is 5.66. The molecule has 5 rings (SSSR count). The fourth-order valence-corrected chi connectivity index (χ4v) is 4.11. The van der Waals surface area contributed by atoms with Crippen molar-refractivity contribution in [1.29, 1.82) is 5.26 Å². The number of nitriles is 1. The van der Waals surface area contributed by atoms with E-state index >= 15 is 0 Å². The number of morpholine rings is 1. The largest absolute Gasteiger partial charge is 0.381 e. The Labute approximate surface area is 204 Å². The first-order valence-electron chi connectivity index (χ1n) is 11.8. The second-order valence-electron chi connectivity index (χ2n) is 8.66. The molecular formula is C25H28N8O2. The Morgan fingerprint density at radius 2 is 1.97 bits per heavy atom. The van der Waals surface area contributed by atoms with Crippen LogP contribution in [0.5, 0.6) is 0 Å². The fraction of sp³-hybridized carbons (Fsp3) is 0.400. The maximum Gasteiger partial charge on any atom is 0.227 e. The molecule has 2 fully saturated rings. The van der Waals surface area contributed by atoms with E-state index in [9.17, 15) is 5.26 Å². The van der Waals surface area contributed by atoms with Crippen LogP contribution in [0.3, 0.4) is 0 Å². The van der Waals surface area contributed by atoms with E-state index in [-0.39, 0.29) is 0 Å². The number of hydrogen-bond donors (Lipinski definition) is 2. The summed E-state index contributed by atoms with van der Waals surface area (Å²) >= 11 is 0. The summed E-state index contributed by atoms with van der Waals surface area (Å²) in [6.45, 7) is 6.49. The minimum Gasteiger partial charge on any atom is -0.381 e. The SMILES string of the molecule is N#Cc1cc(-c2ccnc(Nc3ccc(CN4CCOCC4)nc3)n2)cnc1NCC1CCOC1. The van der Waals surface area contributed by atoms with Gasteiger partial charge in [0, 0.05) is 56.7 Å². The van der Waals surface area contributed by atoms with E-state index in [0.717, 1.165) is 76.0 Å². The highest BCUT2D eigenvalue weighted by atomic mass is 16.5. The van der Waals surface area contributed by atoms with Crippen molar-refractivity contribution in [3.8, 4) is 17.3 Å². The Kier molecular flexibility index (Phi) is 7.38. The summed E-state index contributed by atoms with van der Waals surface area (Å²) in [4.78, 5) is 20.3. The van der Waals surface area contributed by atoms with E-state index in [1.807, 2.05) is 12.1 Å². The van der Waals surface area contributed by atoms with Gasteiger partial charge in [0.1, 0.15) is 11.9 Å². The van der Waals surface area contributed by atoms with Crippen molar-refractivity contribution in [1.82, 2.24) is 24.8 Å². The molecule has 0 saturated carbocycles. The maximum absolute atomic E-state index is 9.64. The molecular weight excluding hydrogens is 444 g/mol. The number of nitrogens with zero attached hydrogens (tertiary/aromatic N) is 6. The van der Waals surface area contributed by atoms with Gasteiger partial charge in [-0.3, -0.25) is 9.88 Å². The van der Waals surface area contributed by atoms with Crippen LogP contribution in [0.25, 0.3) is 11.3 Å². The Hall–Kier alpha value is -3.65. The van der Waals surface area contributed by atoms with E-state index < -0.39 is 0 Å². The van der Waals surface area contributed by atoms with Crippen molar-refractivity contribution >= 4 is 17.5 Å². The predicted octanol–water partition coefficient (Wildman–Crippen LogP) is 2.83. The molecule has 0 bridgehead atoms. The topological polar surface area (TPSA) is 121 Å². The zero-order valence-corrected chi connectivity index (χ0v) is 19.5. The van der Waals surface area contributed by atoms with E-state index in [1.54, 1.807) is 30.7 Å². The first-order chi connectivity index (χ1) is 17.3. The van der Waals surface area contributed by atoms with Gasteiger partial charge in [-0.15, -0.1) is 0 Å². The molecule has 0 spiro atoms.